The lowest BCUT2D eigenvalue weighted by Gasteiger charge is -2.05. The highest BCUT2D eigenvalue weighted by molar-refractivity contribution is 6.06. The summed E-state index contributed by atoms with van der Waals surface area (Å²) in [4.78, 5) is 41.0. The van der Waals surface area contributed by atoms with Crippen molar-refractivity contribution in [1.29, 1.82) is 0 Å². The Morgan fingerprint density at radius 3 is 2.50 bits per heavy atom. The molecule has 0 atom stereocenters. The van der Waals surface area contributed by atoms with Crippen molar-refractivity contribution in [3.05, 3.63) is 65.7 Å². The molecule has 2 N–H and O–H groups in total. The molecule has 0 aliphatic heterocycles. The number of hydrogen-bond acceptors (Lipinski definition) is 5. The Labute approximate surface area is 160 Å². The second-order valence-electron chi connectivity index (χ2n) is 6.51. The monoisotopic (exact) mass is 378 g/mol. The molecule has 0 spiro atoms. The van der Waals surface area contributed by atoms with Crippen LogP contribution in [0.4, 0.5) is 5.69 Å². The number of amides is 2. The molecule has 2 amide bonds. The predicted molar refractivity (Wildman–Crippen MR) is 101 cm³/mol. The number of hydrogen-bond donors (Lipinski definition) is 2. The van der Waals surface area contributed by atoms with Gasteiger partial charge < -0.3 is 15.4 Å². The van der Waals surface area contributed by atoms with Crippen LogP contribution in [0, 0.1) is 0 Å². The third-order valence-corrected chi connectivity index (χ3v) is 4.44. The Hall–Kier alpha value is -3.68. The zero-order valence-corrected chi connectivity index (χ0v) is 15.1. The largest absolute Gasteiger partial charge is 0.465 e. The van der Waals surface area contributed by atoms with Crippen LogP contribution < -0.4 is 10.6 Å². The number of ether oxygens (including phenoxy) is 1. The van der Waals surface area contributed by atoms with E-state index < -0.39 is 11.9 Å². The van der Waals surface area contributed by atoms with Crippen LogP contribution in [-0.2, 0) is 4.74 Å². The average molecular weight is 378 g/mol. The lowest BCUT2D eigenvalue weighted by Crippen LogP contribution is -2.26. The van der Waals surface area contributed by atoms with Crippen LogP contribution in [-0.4, -0.2) is 40.3 Å². The minimum absolute atomic E-state index is 0.105. The number of imidazole rings is 1. The van der Waals surface area contributed by atoms with E-state index in [1.54, 1.807) is 53.1 Å². The van der Waals surface area contributed by atoms with Gasteiger partial charge in [0.1, 0.15) is 0 Å². The lowest BCUT2D eigenvalue weighted by molar-refractivity contribution is 0.0600. The van der Waals surface area contributed by atoms with Crippen LogP contribution in [0.2, 0.25) is 0 Å². The van der Waals surface area contributed by atoms with Crippen LogP contribution in [0.1, 0.15) is 44.3 Å². The van der Waals surface area contributed by atoms with Gasteiger partial charge in [0.2, 0.25) is 5.82 Å². The van der Waals surface area contributed by atoms with E-state index in [1.165, 1.54) is 7.11 Å². The molecule has 0 bridgehead atoms. The zero-order valence-electron chi connectivity index (χ0n) is 15.1. The quantitative estimate of drug-likeness (QED) is 0.663. The van der Waals surface area contributed by atoms with Crippen molar-refractivity contribution < 1.29 is 19.1 Å². The molecule has 142 valence electrons. The molecule has 0 unspecified atom stereocenters. The number of aromatic nitrogens is 2. The second kappa shape index (κ2) is 7.15. The minimum Gasteiger partial charge on any atom is -0.465 e. The Morgan fingerprint density at radius 1 is 1.07 bits per heavy atom. The molecule has 8 nitrogen and oxygen atoms in total. The number of esters is 1. The van der Waals surface area contributed by atoms with Gasteiger partial charge >= 0.3 is 5.97 Å². The number of rotatable bonds is 5. The summed E-state index contributed by atoms with van der Waals surface area (Å²) in [6.45, 7) is 0. The van der Waals surface area contributed by atoms with Gasteiger partial charge in [-0.05, 0) is 49.2 Å². The Kier molecular flexibility index (Phi) is 4.52. The topological polar surface area (TPSA) is 102 Å². The molecule has 1 saturated carbocycles. The van der Waals surface area contributed by atoms with Crippen molar-refractivity contribution in [1.82, 2.24) is 14.7 Å². The Morgan fingerprint density at radius 2 is 1.82 bits per heavy atom. The van der Waals surface area contributed by atoms with Gasteiger partial charge in [-0.2, -0.15) is 0 Å². The summed E-state index contributed by atoms with van der Waals surface area (Å²) in [7, 11) is 1.30. The fourth-order valence-corrected chi connectivity index (χ4v) is 2.84. The van der Waals surface area contributed by atoms with E-state index in [-0.39, 0.29) is 23.5 Å². The van der Waals surface area contributed by atoms with Crippen molar-refractivity contribution in [2.75, 3.05) is 12.4 Å². The third-order valence-electron chi connectivity index (χ3n) is 4.44. The Balaban J connectivity index is 1.60. The molecule has 1 aromatic carbocycles. The molecule has 1 aliphatic carbocycles. The van der Waals surface area contributed by atoms with E-state index in [0.29, 0.717) is 16.8 Å². The van der Waals surface area contributed by atoms with E-state index in [2.05, 4.69) is 20.4 Å². The van der Waals surface area contributed by atoms with Gasteiger partial charge in [-0.1, -0.05) is 6.07 Å². The molecule has 0 radical (unpaired) electrons. The predicted octanol–water partition coefficient (Wildman–Crippen LogP) is 2.27. The highest BCUT2D eigenvalue weighted by Crippen LogP contribution is 2.21. The summed E-state index contributed by atoms with van der Waals surface area (Å²) in [5, 5.41) is 5.63. The summed E-state index contributed by atoms with van der Waals surface area (Å²) >= 11 is 0. The van der Waals surface area contributed by atoms with Crippen LogP contribution in [0.3, 0.4) is 0 Å². The first kappa shape index (κ1) is 17.7. The Bertz CT molecular complexity index is 1070. The van der Waals surface area contributed by atoms with Gasteiger partial charge in [-0.25, -0.2) is 9.78 Å². The van der Waals surface area contributed by atoms with Crippen LogP contribution in [0.15, 0.2) is 48.7 Å². The molecule has 1 aliphatic rings. The number of methoxy groups -OCH3 is 1. The van der Waals surface area contributed by atoms with Crippen LogP contribution in [0.5, 0.6) is 0 Å². The first-order valence-electron chi connectivity index (χ1n) is 8.84. The van der Waals surface area contributed by atoms with Crippen molar-refractivity contribution in [3.8, 4) is 0 Å². The summed E-state index contributed by atoms with van der Waals surface area (Å²) in [5.74, 6) is -1.10. The molecular formula is C20H18N4O4. The zero-order chi connectivity index (χ0) is 19.7. The number of carbonyl (C=O) groups excluding carboxylic acids is 3. The molecule has 3 aromatic rings. The first-order valence-corrected chi connectivity index (χ1v) is 8.84. The summed E-state index contributed by atoms with van der Waals surface area (Å²) in [6, 6.07) is 11.8. The maximum Gasteiger partial charge on any atom is 0.337 e. The van der Waals surface area contributed by atoms with Crippen molar-refractivity contribution in [3.63, 3.8) is 0 Å². The highest BCUT2D eigenvalue weighted by atomic mass is 16.5. The molecular weight excluding hydrogens is 360 g/mol. The number of benzene rings is 1. The lowest BCUT2D eigenvalue weighted by atomic mass is 10.2. The minimum atomic E-state index is -0.461. The number of pyridine rings is 1. The summed E-state index contributed by atoms with van der Waals surface area (Å²) in [5.41, 5.74) is 1.66. The van der Waals surface area contributed by atoms with Crippen molar-refractivity contribution in [2.45, 2.75) is 18.9 Å². The van der Waals surface area contributed by atoms with Crippen LogP contribution >= 0.6 is 0 Å². The number of nitrogens with zero attached hydrogens (tertiary/aromatic N) is 2. The van der Waals surface area contributed by atoms with Gasteiger partial charge in [0.15, 0.2) is 5.69 Å². The van der Waals surface area contributed by atoms with E-state index in [0.717, 1.165) is 12.8 Å². The molecule has 28 heavy (non-hydrogen) atoms. The van der Waals surface area contributed by atoms with Crippen LogP contribution in [0.25, 0.3) is 5.52 Å². The molecule has 4 rings (SSSR count). The fraction of sp³-hybridized carbons (Fsp3) is 0.200. The number of anilines is 1. The average Bonchev–Trinajstić information content (AvgIpc) is 3.44. The highest BCUT2D eigenvalue weighted by Gasteiger charge is 2.27. The van der Waals surface area contributed by atoms with Crippen molar-refractivity contribution >= 4 is 29.0 Å². The molecule has 0 saturated heterocycles. The van der Waals surface area contributed by atoms with Gasteiger partial charge in [0, 0.05) is 17.9 Å². The van der Waals surface area contributed by atoms with Gasteiger partial charge in [-0.3, -0.25) is 14.0 Å². The molecule has 1 fully saturated rings. The first-order chi connectivity index (χ1) is 13.6. The normalized spacial score (nSPS) is 13.2. The second-order valence-corrected chi connectivity index (χ2v) is 6.51. The SMILES string of the molecule is COC(=O)c1ccc(NC(=O)c2nc(C(=O)NC3CC3)c3ccccn23)cc1. The van der Waals surface area contributed by atoms with Crippen molar-refractivity contribution in [2.24, 2.45) is 0 Å². The van der Waals surface area contributed by atoms with Gasteiger partial charge in [-0.15, -0.1) is 0 Å². The summed E-state index contributed by atoms with van der Waals surface area (Å²) < 4.78 is 6.24. The maximum atomic E-state index is 12.8. The van der Waals surface area contributed by atoms with E-state index >= 15 is 0 Å². The molecule has 2 aromatic heterocycles. The fourth-order valence-electron chi connectivity index (χ4n) is 2.84. The standard InChI is InChI=1S/C20H18N4O4/c1-28-20(27)12-5-7-13(8-6-12)22-19(26)17-23-16(18(25)21-14-9-10-14)15-4-2-3-11-24(15)17/h2-8,11,14H,9-10H2,1H3,(H,21,25)(H,22,26). The maximum absolute atomic E-state index is 12.8. The van der Waals surface area contributed by atoms with E-state index in [4.69, 9.17) is 0 Å². The molecule has 2 heterocycles. The van der Waals surface area contributed by atoms with Gasteiger partial charge in [0.25, 0.3) is 11.8 Å². The molecule has 8 heteroatoms. The van der Waals surface area contributed by atoms with Gasteiger partial charge in [0.05, 0.1) is 18.2 Å². The van der Waals surface area contributed by atoms with E-state index in [1.807, 2.05) is 0 Å². The summed E-state index contributed by atoms with van der Waals surface area (Å²) in [6.07, 6.45) is 3.62. The number of fused-ring (bicyclic) bond motifs is 1. The third kappa shape index (κ3) is 3.44. The number of nitrogens with one attached hydrogen (secondary N) is 2. The number of carbonyl (C=O) groups is 3. The smallest absolute Gasteiger partial charge is 0.337 e. The van der Waals surface area contributed by atoms with E-state index in [9.17, 15) is 14.4 Å².